The van der Waals surface area contributed by atoms with Crippen molar-refractivity contribution in [3.05, 3.63) is 23.8 Å². The van der Waals surface area contributed by atoms with Crippen LogP contribution < -0.4 is 9.47 Å². The maximum absolute atomic E-state index is 12.6. The summed E-state index contributed by atoms with van der Waals surface area (Å²) in [6, 6.07) is 4.87. The Bertz CT molecular complexity index is 527. The molecule has 0 aromatic heterocycles. The third-order valence-corrected chi connectivity index (χ3v) is 3.16. The molecule has 1 amide bonds. The summed E-state index contributed by atoms with van der Waals surface area (Å²) in [5.74, 6) is -0.0989. The van der Waals surface area contributed by atoms with E-state index in [1.807, 2.05) is 20.8 Å². The van der Waals surface area contributed by atoms with Crippen molar-refractivity contribution in [1.82, 2.24) is 4.90 Å². The fraction of sp³-hybridized carbons (Fsp3) is 0.500. The van der Waals surface area contributed by atoms with E-state index in [4.69, 9.17) is 14.6 Å². The molecule has 0 unspecified atom stereocenters. The monoisotopic (exact) mass is 309 g/mol. The first-order valence-electron chi connectivity index (χ1n) is 7.24. The molecule has 0 saturated carbocycles. The third kappa shape index (κ3) is 4.65. The third-order valence-electron chi connectivity index (χ3n) is 3.16. The normalized spacial score (nSPS) is 10.4. The van der Waals surface area contributed by atoms with Crippen molar-refractivity contribution < 1.29 is 24.2 Å². The van der Waals surface area contributed by atoms with Gasteiger partial charge in [-0.3, -0.25) is 9.59 Å². The summed E-state index contributed by atoms with van der Waals surface area (Å²) in [4.78, 5) is 24.8. The first-order valence-corrected chi connectivity index (χ1v) is 7.24. The standard InChI is InChI=1S/C16H23NO5/c1-5-22-13-7-6-12(10-14(13)21-4)16(20)17(11(2)3)9-8-15(18)19/h6-7,10-11H,5,8-9H2,1-4H3,(H,18,19). The van der Waals surface area contributed by atoms with Crippen molar-refractivity contribution in [3.8, 4) is 11.5 Å². The summed E-state index contributed by atoms with van der Waals surface area (Å²) in [5, 5.41) is 8.80. The van der Waals surface area contributed by atoms with Gasteiger partial charge in [0.15, 0.2) is 11.5 Å². The molecule has 0 spiro atoms. The number of carbonyl (C=O) groups excluding carboxylic acids is 1. The topological polar surface area (TPSA) is 76.1 Å². The predicted molar refractivity (Wildman–Crippen MR) is 82.6 cm³/mol. The van der Waals surface area contributed by atoms with Crippen molar-refractivity contribution in [3.63, 3.8) is 0 Å². The maximum Gasteiger partial charge on any atom is 0.305 e. The molecule has 0 atom stereocenters. The first-order chi connectivity index (χ1) is 10.4. The summed E-state index contributed by atoms with van der Waals surface area (Å²) < 4.78 is 10.7. The second kappa shape index (κ2) is 8.26. The average molecular weight is 309 g/mol. The molecule has 0 saturated heterocycles. The number of rotatable bonds is 8. The number of carboxylic acids is 1. The molecule has 1 rings (SSSR count). The maximum atomic E-state index is 12.6. The van der Waals surface area contributed by atoms with Crippen molar-refractivity contribution in [2.24, 2.45) is 0 Å². The van der Waals surface area contributed by atoms with Crippen LogP contribution in [0.3, 0.4) is 0 Å². The van der Waals surface area contributed by atoms with Gasteiger partial charge in [-0.25, -0.2) is 0 Å². The van der Waals surface area contributed by atoms with E-state index >= 15 is 0 Å². The number of ether oxygens (including phenoxy) is 2. The number of carbonyl (C=O) groups is 2. The van der Waals surface area contributed by atoms with E-state index in [9.17, 15) is 9.59 Å². The van der Waals surface area contributed by atoms with E-state index in [2.05, 4.69) is 0 Å². The molecule has 6 nitrogen and oxygen atoms in total. The van der Waals surface area contributed by atoms with Crippen LogP contribution in [0.5, 0.6) is 11.5 Å². The van der Waals surface area contributed by atoms with E-state index < -0.39 is 5.97 Å². The van der Waals surface area contributed by atoms with Gasteiger partial charge in [-0.05, 0) is 39.0 Å². The van der Waals surface area contributed by atoms with E-state index in [1.165, 1.54) is 12.0 Å². The molecule has 0 aliphatic rings. The summed E-state index contributed by atoms with van der Waals surface area (Å²) in [5.41, 5.74) is 0.444. The Morgan fingerprint density at radius 3 is 2.45 bits per heavy atom. The minimum Gasteiger partial charge on any atom is -0.493 e. The molecule has 1 aromatic rings. The van der Waals surface area contributed by atoms with Gasteiger partial charge in [0.2, 0.25) is 0 Å². The lowest BCUT2D eigenvalue weighted by atomic mass is 10.1. The number of hydrogen-bond acceptors (Lipinski definition) is 4. The second-order valence-electron chi connectivity index (χ2n) is 5.03. The molecular weight excluding hydrogens is 286 g/mol. The molecule has 0 aliphatic heterocycles. The second-order valence-corrected chi connectivity index (χ2v) is 5.03. The zero-order valence-corrected chi connectivity index (χ0v) is 13.5. The van der Waals surface area contributed by atoms with Gasteiger partial charge in [0.25, 0.3) is 5.91 Å². The van der Waals surface area contributed by atoms with E-state index in [-0.39, 0.29) is 24.9 Å². The Hall–Kier alpha value is -2.24. The zero-order chi connectivity index (χ0) is 16.7. The highest BCUT2D eigenvalue weighted by atomic mass is 16.5. The first kappa shape index (κ1) is 17.8. The summed E-state index contributed by atoms with van der Waals surface area (Å²) in [6.07, 6.45) is -0.0852. The fourth-order valence-electron chi connectivity index (χ4n) is 2.05. The lowest BCUT2D eigenvalue weighted by Gasteiger charge is -2.26. The smallest absolute Gasteiger partial charge is 0.305 e. The quantitative estimate of drug-likeness (QED) is 0.798. The summed E-state index contributed by atoms with van der Waals surface area (Å²) in [6.45, 7) is 6.24. The minimum atomic E-state index is -0.928. The molecule has 0 fully saturated rings. The van der Waals surface area contributed by atoms with Gasteiger partial charge in [0.05, 0.1) is 20.1 Å². The van der Waals surface area contributed by atoms with Crippen LogP contribution in [-0.4, -0.2) is 48.2 Å². The van der Waals surface area contributed by atoms with Gasteiger partial charge in [0.1, 0.15) is 0 Å². The highest BCUT2D eigenvalue weighted by molar-refractivity contribution is 5.95. The lowest BCUT2D eigenvalue weighted by Crippen LogP contribution is -2.38. The number of nitrogens with zero attached hydrogens (tertiary/aromatic N) is 1. The molecule has 1 aromatic carbocycles. The van der Waals surface area contributed by atoms with Crippen LogP contribution in [0.25, 0.3) is 0 Å². The molecule has 22 heavy (non-hydrogen) atoms. The van der Waals surface area contributed by atoms with Crippen molar-refractivity contribution in [2.75, 3.05) is 20.3 Å². The predicted octanol–water partition coefficient (Wildman–Crippen LogP) is 2.42. The van der Waals surface area contributed by atoms with Gasteiger partial charge >= 0.3 is 5.97 Å². The number of benzene rings is 1. The van der Waals surface area contributed by atoms with E-state index in [1.54, 1.807) is 18.2 Å². The van der Waals surface area contributed by atoms with Crippen molar-refractivity contribution >= 4 is 11.9 Å². The van der Waals surface area contributed by atoms with Gasteiger partial charge in [-0.1, -0.05) is 0 Å². The van der Waals surface area contributed by atoms with Crippen LogP contribution >= 0.6 is 0 Å². The largest absolute Gasteiger partial charge is 0.493 e. The summed E-state index contributed by atoms with van der Waals surface area (Å²) >= 11 is 0. The molecule has 0 aliphatic carbocycles. The molecule has 1 N–H and O–H groups in total. The zero-order valence-electron chi connectivity index (χ0n) is 13.5. The van der Waals surface area contributed by atoms with Crippen LogP contribution in [-0.2, 0) is 4.79 Å². The fourth-order valence-corrected chi connectivity index (χ4v) is 2.05. The van der Waals surface area contributed by atoms with Gasteiger partial charge in [-0.2, -0.15) is 0 Å². The Balaban J connectivity index is 3.00. The number of methoxy groups -OCH3 is 1. The molecule has 0 heterocycles. The van der Waals surface area contributed by atoms with Crippen molar-refractivity contribution in [1.29, 1.82) is 0 Å². The molecular formula is C16H23NO5. The van der Waals surface area contributed by atoms with Crippen LogP contribution in [0.4, 0.5) is 0 Å². The Morgan fingerprint density at radius 1 is 1.27 bits per heavy atom. The van der Waals surface area contributed by atoms with E-state index in [0.717, 1.165) is 0 Å². The minimum absolute atomic E-state index is 0.0852. The van der Waals surface area contributed by atoms with Crippen LogP contribution in [0.1, 0.15) is 37.6 Å². The number of aliphatic carboxylic acids is 1. The highest BCUT2D eigenvalue weighted by Crippen LogP contribution is 2.28. The van der Waals surface area contributed by atoms with Gasteiger partial charge in [-0.15, -0.1) is 0 Å². The van der Waals surface area contributed by atoms with E-state index in [0.29, 0.717) is 23.7 Å². The van der Waals surface area contributed by atoms with Gasteiger partial charge < -0.3 is 19.5 Å². The molecule has 122 valence electrons. The van der Waals surface area contributed by atoms with Crippen molar-refractivity contribution in [2.45, 2.75) is 33.2 Å². The number of amides is 1. The number of hydrogen-bond donors (Lipinski definition) is 1. The van der Waals surface area contributed by atoms with Crippen LogP contribution in [0, 0.1) is 0 Å². The highest BCUT2D eigenvalue weighted by Gasteiger charge is 2.21. The molecule has 6 heteroatoms. The average Bonchev–Trinajstić information content (AvgIpc) is 2.47. The lowest BCUT2D eigenvalue weighted by molar-refractivity contribution is -0.137. The molecule has 0 radical (unpaired) electrons. The van der Waals surface area contributed by atoms with Gasteiger partial charge in [0, 0.05) is 18.2 Å². The molecule has 0 bridgehead atoms. The van der Waals surface area contributed by atoms with Crippen LogP contribution in [0.15, 0.2) is 18.2 Å². The Morgan fingerprint density at radius 2 is 1.95 bits per heavy atom. The number of carboxylic acid groups (broad SMARTS) is 1. The summed E-state index contributed by atoms with van der Waals surface area (Å²) in [7, 11) is 1.51. The SMILES string of the molecule is CCOc1ccc(C(=O)N(CCC(=O)O)C(C)C)cc1OC. The van der Waals surface area contributed by atoms with Crippen LogP contribution in [0.2, 0.25) is 0 Å². The Labute approximate surface area is 130 Å². The Kier molecular flexibility index (Phi) is 6.69.